The van der Waals surface area contributed by atoms with Gasteiger partial charge in [0.05, 0.1) is 5.60 Å². The molecule has 2 aliphatic rings. The van der Waals surface area contributed by atoms with Crippen molar-refractivity contribution in [2.45, 2.75) is 51.6 Å². The summed E-state index contributed by atoms with van der Waals surface area (Å²) in [5, 5.41) is 10.6. The lowest BCUT2D eigenvalue weighted by atomic mass is 9.78. The van der Waals surface area contributed by atoms with E-state index in [0.29, 0.717) is 17.8 Å². The van der Waals surface area contributed by atoms with E-state index >= 15 is 0 Å². The van der Waals surface area contributed by atoms with Crippen LogP contribution in [0.25, 0.3) is 0 Å². The lowest BCUT2D eigenvalue weighted by molar-refractivity contribution is -0.0544. The van der Waals surface area contributed by atoms with Crippen LogP contribution in [0.2, 0.25) is 0 Å². The van der Waals surface area contributed by atoms with Crippen molar-refractivity contribution in [2.24, 2.45) is 17.8 Å². The van der Waals surface area contributed by atoms with Gasteiger partial charge in [-0.25, -0.2) is 0 Å². The summed E-state index contributed by atoms with van der Waals surface area (Å²) in [4.78, 5) is 0. The van der Waals surface area contributed by atoms with Crippen LogP contribution in [0.15, 0.2) is 0 Å². The van der Waals surface area contributed by atoms with Crippen molar-refractivity contribution < 1.29 is 5.11 Å². The maximum Gasteiger partial charge on any atom is 0.0729 e. The molecule has 1 atom stereocenters. The van der Waals surface area contributed by atoms with Gasteiger partial charge in [-0.05, 0) is 43.4 Å². The molecule has 1 nitrogen and oxygen atoms in total. The van der Waals surface area contributed by atoms with Crippen LogP contribution in [0.4, 0.5) is 0 Å². The highest BCUT2D eigenvalue weighted by Gasteiger charge is 2.55. The van der Waals surface area contributed by atoms with Gasteiger partial charge in [0.15, 0.2) is 0 Å². The predicted molar refractivity (Wildman–Crippen MR) is 49.9 cm³/mol. The third-order valence-corrected chi connectivity index (χ3v) is 3.86. The van der Waals surface area contributed by atoms with Crippen LogP contribution in [-0.4, -0.2) is 10.7 Å². The lowest BCUT2D eigenvalue weighted by Crippen LogP contribution is -2.41. The van der Waals surface area contributed by atoms with Crippen LogP contribution in [0.5, 0.6) is 0 Å². The molecule has 0 bridgehead atoms. The zero-order valence-electron chi connectivity index (χ0n) is 8.21. The first-order valence-electron chi connectivity index (χ1n) is 5.42. The lowest BCUT2D eigenvalue weighted by Gasteiger charge is -2.34. The minimum Gasteiger partial charge on any atom is -0.389 e. The SMILES string of the molecule is CCC(C)C(O)(C1CC1)C1CC1. The molecule has 0 heterocycles. The normalized spacial score (nSPS) is 27.2. The Kier molecular flexibility index (Phi) is 1.95. The van der Waals surface area contributed by atoms with E-state index in [1.165, 1.54) is 25.7 Å². The molecule has 1 N–H and O–H groups in total. The minimum atomic E-state index is -0.269. The van der Waals surface area contributed by atoms with E-state index in [-0.39, 0.29) is 5.60 Å². The third-order valence-electron chi connectivity index (χ3n) is 3.86. The smallest absolute Gasteiger partial charge is 0.0729 e. The second kappa shape index (κ2) is 2.73. The summed E-state index contributed by atoms with van der Waals surface area (Å²) in [5.74, 6) is 1.82. The standard InChI is InChI=1S/C11H20O/c1-3-8(2)11(12,9-4-5-9)10-6-7-10/h8-10,12H,3-7H2,1-2H3. The van der Waals surface area contributed by atoms with Gasteiger partial charge in [-0.15, -0.1) is 0 Å². The van der Waals surface area contributed by atoms with E-state index in [1.54, 1.807) is 0 Å². The van der Waals surface area contributed by atoms with Gasteiger partial charge in [-0.1, -0.05) is 20.3 Å². The van der Waals surface area contributed by atoms with Crippen LogP contribution < -0.4 is 0 Å². The average Bonchev–Trinajstić information content (AvgIpc) is 2.91. The molecule has 0 aromatic carbocycles. The number of hydrogen-bond acceptors (Lipinski definition) is 1. The van der Waals surface area contributed by atoms with E-state index in [4.69, 9.17) is 0 Å². The summed E-state index contributed by atoms with van der Waals surface area (Å²) in [6, 6.07) is 0. The quantitative estimate of drug-likeness (QED) is 0.684. The fourth-order valence-electron chi connectivity index (χ4n) is 2.56. The van der Waals surface area contributed by atoms with Crippen LogP contribution in [-0.2, 0) is 0 Å². The molecule has 0 saturated heterocycles. The van der Waals surface area contributed by atoms with Gasteiger partial charge in [-0.3, -0.25) is 0 Å². The molecule has 0 radical (unpaired) electrons. The summed E-state index contributed by atoms with van der Waals surface area (Å²) in [7, 11) is 0. The summed E-state index contributed by atoms with van der Waals surface area (Å²) < 4.78 is 0. The molecule has 1 heteroatoms. The second-order valence-electron chi connectivity index (χ2n) is 4.75. The fraction of sp³-hybridized carbons (Fsp3) is 1.00. The Morgan fingerprint density at radius 2 is 1.67 bits per heavy atom. The van der Waals surface area contributed by atoms with Gasteiger partial charge in [-0.2, -0.15) is 0 Å². The van der Waals surface area contributed by atoms with Gasteiger partial charge < -0.3 is 5.11 Å². The topological polar surface area (TPSA) is 20.2 Å². The molecule has 0 amide bonds. The molecule has 70 valence electrons. The summed E-state index contributed by atoms with van der Waals surface area (Å²) in [6.45, 7) is 4.41. The van der Waals surface area contributed by atoms with E-state index < -0.39 is 0 Å². The maximum absolute atomic E-state index is 10.6. The summed E-state index contributed by atoms with van der Waals surface area (Å²) >= 11 is 0. The molecule has 2 aliphatic carbocycles. The van der Waals surface area contributed by atoms with Gasteiger partial charge in [0, 0.05) is 0 Å². The van der Waals surface area contributed by atoms with Gasteiger partial charge >= 0.3 is 0 Å². The van der Waals surface area contributed by atoms with E-state index in [2.05, 4.69) is 13.8 Å². The average molecular weight is 168 g/mol. The first-order chi connectivity index (χ1) is 5.69. The highest BCUT2D eigenvalue weighted by molar-refractivity contribution is 5.05. The highest BCUT2D eigenvalue weighted by atomic mass is 16.3. The Hall–Kier alpha value is -0.0400. The molecule has 0 spiro atoms. The van der Waals surface area contributed by atoms with Crippen molar-refractivity contribution in [3.05, 3.63) is 0 Å². The van der Waals surface area contributed by atoms with Crippen molar-refractivity contribution in [1.82, 2.24) is 0 Å². The van der Waals surface area contributed by atoms with Crippen LogP contribution in [0, 0.1) is 17.8 Å². The number of rotatable bonds is 4. The molecule has 0 aliphatic heterocycles. The Labute approximate surface area is 75.2 Å². The summed E-state index contributed by atoms with van der Waals surface area (Å²) in [6.07, 6.45) is 6.23. The first kappa shape index (κ1) is 8.55. The molecule has 0 aromatic heterocycles. The largest absolute Gasteiger partial charge is 0.389 e. The minimum absolute atomic E-state index is 0.269. The summed E-state index contributed by atoms with van der Waals surface area (Å²) in [5.41, 5.74) is -0.269. The monoisotopic (exact) mass is 168 g/mol. The molecule has 2 saturated carbocycles. The van der Waals surface area contributed by atoms with Crippen molar-refractivity contribution >= 4 is 0 Å². The molecule has 1 unspecified atom stereocenters. The maximum atomic E-state index is 10.6. The molecular formula is C11H20O. The Morgan fingerprint density at radius 3 is 1.92 bits per heavy atom. The van der Waals surface area contributed by atoms with Crippen molar-refractivity contribution in [3.63, 3.8) is 0 Å². The van der Waals surface area contributed by atoms with Gasteiger partial charge in [0.25, 0.3) is 0 Å². The van der Waals surface area contributed by atoms with Crippen molar-refractivity contribution in [3.8, 4) is 0 Å². The van der Waals surface area contributed by atoms with E-state index in [1.807, 2.05) is 0 Å². The molecule has 2 fully saturated rings. The second-order valence-corrected chi connectivity index (χ2v) is 4.75. The molecular weight excluding hydrogens is 148 g/mol. The van der Waals surface area contributed by atoms with Crippen molar-refractivity contribution in [1.29, 1.82) is 0 Å². The Balaban J connectivity index is 2.08. The molecule has 12 heavy (non-hydrogen) atoms. The van der Waals surface area contributed by atoms with Gasteiger partial charge in [0.1, 0.15) is 0 Å². The van der Waals surface area contributed by atoms with Crippen LogP contribution in [0.1, 0.15) is 46.0 Å². The molecule has 0 aromatic rings. The Morgan fingerprint density at radius 1 is 1.25 bits per heavy atom. The number of hydrogen-bond donors (Lipinski definition) is 1. The molecule has 2 rings (SSSR count). The number of aliphatic hydroxyl groups is 1. The van der Waals surface area contributed by atoms with Crippen molar-refractivity contribution in [2.75, 3.05) is 0 Å². The Bertz CT molecular complexity index is 156. The van der Waals surface area contributed by atoms with E-state index in [9.17, 15) is 5.11 Å². The van der Waals surface area contributed by atoms with Crippen LogP contribution >= 0.6 is 0 Å². The fourth-order valence-corrected chi connectivity index (χ4v) is 2.56. The van der Waals surface area contributed by atoms with E-state index in [0.717, 1.165) is 6.42 Å². The predicted octanol–water partition coefficient (Wildman–Crippen LogP) is 2.58. The zero-order chi connectivity index (χ0) is 8.77. The first-order valence-corrected chi connectivity index (χ1v) is 5.42. The van der Waals surface area contributed by atoms with Crippen LogP contribution in [0.3, 0.4) is 0 Å². The third kappa shape index (κ3) is 1.19. The highest BCUT2D eigenvalue weighted by Crippen LogP contribution is 2.55. The van der Waals surface area contributed by atoms with Gasteiger partial charge in [0.2, 0.25) is 0 Å². The zero-order valence-corrected chi connectivity index (χ0v) is 8.21.